The maximum Gasteiger partial charge on any atom is 0.262 e. The van der Waals surface area contributed by atoms with E-state index in [0.717, 1.165) is 23.4 Å². The zero-order valence-corrected chi connectivity index (χ0v) is 19.9. The van der Waals surface area contributed by atoms with Gasteiger partial charge in [0.15, 0.2) is 0 Å². The summed E-state index contributed by atoms with van der Waals surface area (Å²) in [6.07, 6.45) is 2.21. The lowest BCUT2D eigenvalue weighted by atomic mass is 10.0. The molecule has 0 radical (unpaired) electrons. The molecule has 1 aliphatic rings. The van der Waals surface area contributed by atoms with Gasteiger partial charge in [-0.3, -0.25) is 19.3 Å². The molecule has 2 heterocycles. The second kappa shape index (κ2) is 8.70. The number of aromatic nitrogens is 2. The second-order valence-corrected chi connectivity index (χ2v) is 9.23. The third-order valence-corrected chi connectivity index (χ3v) is 5.63. The normalized spacial score (nSPS) is 13.1. The highest BCUT2D eigenvalue weighted by molar-refractivity contribution is 6.22. The number of nitrogens with zero attached hydrogens (tertiary/aromatic N) is 3. The Bertz CT molecular complexity index is 1310. The number of imide groups is 1. The van der Waals surface area contributed by atoms with Crippen LogP contribution >= 0.6 is 0 Å². The first-order chi connectivity index (χ1) is 16.1. The molecule has 0 saturated heterocycles. The molecule has 4 rings (SSSR count). The van der Waals surface area contributed by atoms with Crippen molar-refractivity contribution in [3.8, 4) is 0 Å². The molecule has 8 heteroatoms. The van der Waals surface area contributed by atoms with Crippen LogP contribution in [-0.2, 0) is 6.42 Å². The lowest BCUT2D eigenvalue weighted by Gasteiger charge is -2.29. The van der Waals surface area contributed by atoms with Gasteiger partial charge in [0.05, 0.1) is 11.1 Å². The minimum Gasteiger partial charge on any atom is -0.340 e. The molecule has 174 valence electrons. The Balaban J connectivity index is 1.59. The average molecular weight is 458 g/mol. The molecule has 3 amide bonds. The summed E-state index contributed by atoms with van der Waals surface area (Å²) in [6, 6.07) is 12.2. The van der Waals surface area contributed by atoms with E-state index in [1.165, 1.54) is 17.3 Å². The maximum atomic E-state index is 13.1. The Morgan fingerprint density at radius 2 is 1.71 bits per heavy atom. The molecule has 0 fully saturated rings. The first-order valence-electron chi connectivity index (χ1n) is 11.1. The van der Waals surface area contributed by atoms with E-state index in [9.17, 15) is 14.4 Å². The van der Waals surface area contributed by atoms with Crippen molar-refractivity contribution in [2.45, 2.75) is 46.6 Å². The molecule has 3 aromatic rings. The highest BCUT2D eigenvalue weighted by atomic mass is 16.2. The van der Waals surface area contributed by atoms with Gasteiger partial charge in [0.2, 0.25) is 0 Å². The van der Waals surface area contributed by atoms with Crippen LogP contribution in [0.15, 0.2) is 48.8 Å². The molecule has 1 aromatic heterocycles. The molecule has 0 unspecified atom stereocenters. The van der Waals surface area contributed by atoms with E-state index >= 15 is 0 Å². The lowest BCUT2D eigenvalue weighted by molar-refractivity contribution is 0.0507. The van der Waals surface area contributed by atoms with Gasteiger partial charge < -0.3 is 10.6 Å². The van der Waals surface area contributed by atoms with Crippen LogP contribution in [0, 0.1) is 6.92 Å². The van der Waals surface area contributed by atoms with Crippen LogP contribution in [0.25, 0.3) is 0 Å². The predicted octanol–water partition coefficient (Wildman–Crippen LogP) is 4.74. The number of aryl methyl sites for hydroxylation is 2. The standard InChI is InChI=1S/C26H27N5O3/c1-6-16-7-9-18(29-22-11-15(2)27-14-28-22)13-21(16)30-23(32)17-8-10-19-20(12-17)25(34)31(24(19)33)26(3,4)5/h7-14H,6H2,1-5H3,(H,30,32)(H,27,28,29). The second-order valence-electron chi connectivity index (χ2n) is 9.23. The molecular weight excluding hydrogens is 430 g/mol. The molecule has 0 aliphatic carbocycles. The predicted molar refractivity (Wildman–Crippen MR) is 131 cm³/mol. The first kappa shape index (κ1) is 23.1. The number of hydrogen-bond acceptors (Lipinski definition) is 6. The number of benzene rings is 2. The van der Waals surface area contributed by atoms with E-state index in [2.05, 4.69) is 20.6 Å². The van der Waals surface area contributed by atoms with Gasteiger partial charge in [-0.1, -0.05) is 13.0 Å². The van der Waals surface area contributed by atoms with Gasteiger partial charge in [0.1, 0.15) is 12.1 Å². The van der Waals surface area contributed by atoms with E-state index in [0.29, 0.717) is 22.6 Å². The van der Waals surface area contributed by atoms with Crippen LogP contribution in [0.4, 0.5) is 17.2 Å². The van der Waals surface area contributed by atoms with E-state index < -0.39 is 5.54 Å². The summed E-state index contributed by atoms with van der Waals surface area (Å²) in [4.78, 5) is 48.2. The molecule has 8 nitrogen and oxygen atoms in total. The van der Waals surface area contributed by atoms with Crippen molar-refractivity contribution in [1.82, 2.24) is 14.9 Å². The molecule has 0 bridgehead atoms. The number of rotatable bonds is 5. The SMILES string of the molecule is CCc1ccc(Nc2cc(C)ncn2)cc1NC(=O)c1ccc2c(c1)C(=O)N(C(C)(C)C)C2=O. The van der Waals surface area contributed by atoms with Crippen molar-refractivity contribution in [3.63, 3.8) is 0 Å². The number of nitrogens with one attached hydrogen (secondary N) is 2. The first-order valence-corrected chi connectivity index (χ1v) is 11.1. The molecule has 1 aliphatic heterocycles. The molecular formula is C26H27N5O3. The smallest absolute Gasteiger partial charge is 0.262 e. The number of amides is 3. The van der Waals surface area contributed by atoms with Gasteiger partial charge in [-0.2, -0.15) is 0 Å². The van der Waals surface area contributed by atoms with Crippen molar-refractivity contribution in [1.29, 1.82) is 0 Å². The van der Waals surface area contributed by atoms with Crippen LogP contribution in [0.5, 0.6) is 0 Å². The zero-order valence-electron chi connectivity index (χ0n) is 19.9. The molecule has 0 spiro atoms. The van der Waals surface area contributed by atoms with Crippen molar-refractivity contribution >= 4 is 34.9 Å². The summed E-state index contributed by atoms with van der Waals surface area (Å²) in [6.45, 7) is 9.30. The fourth-order valence-electron chi connectivity index (χ4n) is 3.94. The zero-order chi connectivity index (χ0) is 24.6. The van der Waals surface area contributed by atoms with Crippen LogP contribution in [0.2, 0.25) is 0 Å². The van der Waals surface area contributed by atoms with Crippen molar-refractivity contribution in [2.24, 2.45) is 0 Å². The van der Waals surface area contributed by atoms with E-state index in [1.54, 1.807) is 32.9 Å². The van der Waals surface area contributed by atoms with Crippen molar-refractivity contribution in [2.75, 3.05) is 10.6 Å². The highest BCUT2D eigenvalue weighted by Gasteiger charge is 2.42. The minimum absolute atomic E-state index is 0.248. The van der Waals surface area contributed by atoms with E-state index in [1.807, 2.05) is 38.1 Å². The van der Waals surface area contributed by atoms with E-state index in [-0.39, 0.29) is 23.3 Å². The summed E-state index contributed by atoms with van der Waals surface area (Å²) in [5, 5.41) is 6.18. The lowest BCUT2D eigenvalue weighted by Crippen LogP contribution is -2.45. The summed E-state index contributed by atoms with van der Waals surface area (Å²) in [5.74, 6) is -0.435. The van der Waals surface area contributed by atoms with Crippen LogP contribution < -0.4 is 10.6 Å². The highest BCUT2D eigenvalue weighted by Crippen LogP contribution is 2.30. The summed E-state index contributed by atoms with van der Waals surface area (Å²) < 4.78 is 0. The molecule has 34 heavy (non-hydrogen) atoms. The molecule has 0 saturated carbocycles. The summed E-state index contributed by atoms with van der Waals surface area (Å²) >= 11 is 0. The number of anilines is 3. The average Bonchev–Trinajstić information content (AvgIpc) is 3.03. The monoisotopic (exact) mass is 457 g/mol. The van der Waals surface area contributed by atoms with Crippen LogP contribution in [0.3, 0.4) is 0 Å². The van der Waals surface area contributed by atoms with Crippen molar-refractivity contribution in [3.05, 3.63) is 76.7 Å². The molecule has 2 N–H and O–H groups in total. The number of carbonyl (C=O) groups excluding carboxylic acids is 3. The van der Waals surface area contributed by atoms with E-state index in [4.69, 9.17) is 0 Å². The Hall–Kier alpha value is -4.07. The van der Waals surface area contributed by atoms with Gasteiger partial charge in [0.25, 0.3) is 17.7 Å². The fourth-order valence-corrected chi connectivity index (χ4v) is 3.94. The number of hydrogen-bond donors (Lipinski definition) is 2. The summed E-state index contributed by atoms with van der Waals surface area (Å²) in [7, 11) is 0. The van der Waals surface area contributed by atoms with Gasteiger partial charge in [-0.15, -0.1) is 0 Å². The van der Waals surface area contributed by atoms with Gasteiger partial charge >= 0.3 is 0 Å². The number of carbonyl (C=O) groups is 3. The van der Waals surface area contributed by atoms with Crippen molar-refractivity contribution < 1.29 is 14.4 Å². The third-order valence-electron chi connectivity index (χ3n) is 5.63. The van der Waals surface area contributed by atoms with Gasteiger partial charge in [-0.25, -0.2) is 9.97 Å². The quantitative estimate of drug-likeness (QED) is 0.537. The summed E-state index contributed by atoms with van der Waals surface area (Å²) in [5.41, 5.74) is 3.44. The number of fused-ring (bicyclic) bond motifs is 1. The molecule has 2 aromatic carbocycles. The molecule has 0 atom stereocenters. The Kier molecular flexibility index (Phi) is 5.91. The third kappa shape index (κ3) is 4.39. The minimum atomic E-state index is -0.651. The van der Waals surface area contributed by atoms with Gasteiger partial charge in [0, 0.05) is 34.2 Å². The topological polar surface area (TPSA) is 104 Å². The largest absolute Gasteiger partial charge is 0.340 e. The fraction of sp³-hybridized carbons (Fsp3) is 0.269. The Morgan fingerprint density at radius 1 is 0.971 bits per heavy atom. The van der Waals surface area contributed by atoms with Crippen LogP contribution in [0.1, 0.15) is 70.0 Å². The van der Waals surface area contributed by atoms with Gasteiger partial charge in [-0.05, 0) is 70.0 Å². The Labute approximate surface area is 198 Å². The maximum absolute atomic E-state index is 13.1. The van der Waals surface area contributed by atoms with Crippen LogP contribution in [-0.4, -0.2) is 38.1 Å². The Morgan fingerprint density at radius 3 is 2.38 bits per heavy atom.